The van der Waals surface area contributed by atoms with Gasteiger partial charge in [-0.25, -0.2) is 17.9 Å². The van der Waals surface area contributed by atoms with Crippen molar-refractivity contribution in [2.45, 2.75) is 109 Å². The van der Waals surface area contributed by atoms with Gasteiger partial charge in [-0.3, -0.25) is 14.5 Å². The summed E-state index contributed by atoms with van der Waals surface area (Å²) in [5, 5.41) is 9.39. The van der Waals surface area contributed by atoms with E-state index in [-0.39, 0.29) is 29.0 Å². The van der Waals surface area contributed by atoms with Gasteiger partial charge in [-0.1, -0.05) is 47.3 Å². The number of likely N-dealkylation sites (N-methyl/N-ethyl adjacent to an activating group) is 1. The Morgan fingerprint density at radius 1 is 1.16 bits per heavy atom. The van der Waals surface area contributed by atoms with Crippen LogP contribution in [0.4, 0.5) is 23.2 Å². The highest BCUT2D eigenvalue weighted by atomic mass is 32.2. The molecule has 0 spiro atoms. The molecule has 1 aliphatic heterocycles. The molecule has 5 atom stereocenters. The molecule has 7 rings (SSSR count). The molecular weight excluding hydrogens is 869 g/mol. The van der Waals surface area contributed by atoms with Crippen molar-refractivity contribution in [1.82, 2.24) is 24.5 Å². The van der Waals surface area contributed by atoms with Gasteiger partial charge in [0, 0.05) is 47.1 Å². The van der Waals surface area contributed by atoms with E-state index in [9.17, 15) is 36.2 Å². The van der Waals surface area contributed by atoms with Crippen molar-refractivity contribution >= 4 is 51.1 Å². The first-order valence-electron chi connectivity index (χ1n) is 21.2. The minimum absolute atomic E-state index is 0.00389. The molecule has 3 heterocycles. The van der Waals surface area contributed by atoms with Crippen LogP contribution in [0, 0.1) is 24.1 Å². The molecule has 11 nitrogen and oxygen atoms in total. The fraction of sp³-hybridized carbons (Fsp3) is 0.489. The molecule has 2 aromatic carbocycles. The number of fused-ring (bicyclic) bond motifs is 1. The summed E-state index contributed by atoms with van der Waals surface area (Å²) >= 11 is 1.55. The van der Waals surface area contributed by atoms with Crippen molar-refractivity contribution in [3.05, 3.63) is 98.8 Å². The summed E-state index contributed by atoms with van der Waals surface area (Å²) in [7, 11) is 4.22. The zero-order valence-corrected chi connectivity index (χ0v) is 39.6. The summed E-state index contributed by atoms with van der Waals surface area (Å²) in [5.41, 5.74) is 1.20. The molecule has 2 saturated carbocycles. The van der Waals surface area contributed by atoms with Gasteiger partial charge in [0.2, 0.25) is 5.91 Å². The van der Waals surface area contributed by atoms with Crippen LogP contribution in [0.1, 0.15) is 89.5 Å². The van der Waals surface area contributed by atoms with Crippen LogP contribution in [0.5, 0.6) is 5.75 Å². The van der Waals surface area contributed by atoms with Crippen molar-refractivity contribution in [2.24, 2.45) is 11.3 Å². The molecule has 4 unspecified atom stereocenters. The van der Waals surface area contributed by atoms with Gasteiger partial charge in [0.1, 0.15) is 33.8 Å². The van der Waals surface area contributed by atoms with Gasteiger partial charge >= 0.3 is 6.18 Å². The topological polar surface area (TPSA) is 137 Å². The lowest BCUT2D eigenvalue weighted by Gasteiger charge is -2.27. The zero-order chi connectivity index (χ0) is 47.5. The lowest BCUT2D eigenvalue weighted by atomic mass is 9.87. The Balaban J connectivity index is 0.000000182. The van der Waals surface area contributed by atoms with Crippen LogP contribution in [0.15, 0.2) is 70.7 Å². The van der Waals surface area contributed by atoms with Crippen molar-refractivity contribution in [1.29, 1.82) is 0 Å². The molecule has 3 N–H and O–H groups in total. The summed E-state index contributed by atoms with van der Waals surface area (Å²) in [6, 6.07) is 7.46. The number of amides is 1. The Kier molecular flexibility index (Phi) is 15.9. The number of anilines is 1. The maximum absolute atomic E-state index is 13.1. The number of aromatic nitrogens is 2. The summed E-state index contributed by atoms with van der Waals surface area (Å²) < 4.78 is 70.7. The fourth-order valence-electron chi connectivity index (χ4n) is 7.47. The maximum atomic E-state index is 13.1. The van der Waals surface area contributed by atoms with Crippen LogP contribution in [0.2, 0.25) is 0 Å². The van der Waals surface area contributed by atoms with Gasteiger partial charge in [0.05, 0.1) is 52.1 Å². The largest absolute Gasteiger partial charge is 0.496 e. The molecule has 1 saturated heterocycles. The molecule has 3 aliphatic rings. The molecule has 0 bridgehead atoms. The molecule has 348 valence electrons. The molecular formula is C47H60F4N6O5S2. The Bertz CT molecular complexity index is 2440. The van der Waals surface area contributed by atoms with Crippen LogP contribution in [0.3, 0.4) is 0 Å². The number of likely N-dealkylation sites (tertiary alicyclic amines) is 1. The summed E-state index contributed by atoms with van der Waals surface area (Å²) in [5.74, 6) is -0.0402. The minimum Gasteiger partial charge on any atom is -0.496 e. The number of nitrogens with zero attached hydrogens (tertiary/aromatic N) is 3. The van der Waals surface area contributed by atoms with Gasteiger partial charge in [-0.2, -0.15) is 13.2 Å². The molecule has 4 aromatic rings. The number of nitrogens with one attached hydrogen (secondary N) is 3. The van der Waals surface area contributed by atoms with E-state index in [0.717, 1.165) is 77.9 Å². The third-order valence-electron chi connectivity index (χ3n) is 11.9. The van der Waals surface area contributed by atoms with Gasteiger partial charge < -0.3 is 25.1 Å². The van der Waals surface area contributed by atoms with E-state index < -0.39 is 45.5 Å². The number of methoxy groups -OCH3 is 1. The van der Waals surface area contributed by atoms with Gasteiger partial charge in [-0.05, 0) is 94.3 Å². The molecule has 1 amide bonds. The van der Waals surface area contributed by atoms with E-state index in [1.807, 2.05) is 42.8 Å². The number of ether oxygens (including phenoxy) is 1. The number of carbonyl (C=O) groups is 2. The predicted molar refractivity (Wildman–Crippen MR) is 248 cm³/mol. The van der Waals surface area contributed by atoms with Crippen LogP contribution in [-0.4, -0.2) is 87.0 Å². The second-order valence-corrected chi connectivity index (χ2v) is 20.4. The number of hydrogen-bond acceptors (Lipinski definition) is 9. The standard InChI is InChI=1S/C17H27N3O2S.C17H18N2O2S.C13H15F4NO/c1-5-13-11-17(13,12(2)23(22)20(4)14-8-9-14)18-16(21)15-7-6-10-19(15)3;1-9(2)13-8-22-17(19-13)12-7-14(20)11-5-6-15(21-4)10(3)16(11)18-12;1-12(2,3)11(7-19)18-8-4-5-10(14)9(6-8)13(15,16)17/h5,13-15H,1-2,6-11H2,3-4H3,(H,18,21);5-9H,1-4H3,(H,18,20);4-7,11,18H,1-3H3/t13?,15?,17-,23?;;/m0../s1. The Morgan fingerprint density at radius 3 is 2.36 bits per heavy atom. The minimum atomic E-state index is -4.76. The first kappa shape index (κ1) is 50.3. The Morgan fingerprint density at radius 2 is 1.84 bits per heavy atom. The number of aromatic amines is 1. The molecule has 64 heavy (non-hydrogen) atoms. The fourth-order valence-corrected chi connectivity index (χ4v) is 9.85. The summed E-state index contributed by atoms with van der Waals surface area (Å²) in [4.78, 5) is 46.7. The molecule has 2 aliphatic carbocycles. The first-order valence-corrected chi connectivity index (χ1v) is 23.2. The van der Waals surface area contributed by atoms with Crippen molar-refractivity contribution in [2.75, 3.05) is 33.1 Å². The van der Waals surface area contributed by atoms with Crippen LogP contribution in [-0.2, 0) is 26.8 Å². The Hall–Kier alpha value is -4.71. The van der Waals surface area contributed by atoms with E-state index in [1.54, 1.807) is 51.4 Å². The number of hydrogen-bond donors (Lipinski definition) is 3. The van der Waals surface area contributed by atoms with Crippen LogP contribution in [0.25, 0.3) is 21.6 Å². The second kappa shape index (κ2) is 20.2. The van der Waals surface area contributed by atoms with Crippen LogP contribution < -0.4 is 20.8 Å². The quantitative estimate of drug-likeness (QED) is 0.0686. The van der Waals surface area contributed by atoms with Gasteiger partial charge in [-0.15, -0.1) is 17.9 Å². The Labute approximate surface area is 379 Å². The highest BCUT2D eigenvalue weighted by molar-refractivity contribution is 7.86. The lowest BCUT2D eigenvalue weighted by molar-refractivity contribution is -0.140. The zero-order valence-electron chi connectivity index (χ0n) is 38.0. The van der Waals surface area contributed by atoms with E-state index >= 15 is 0 Å². The van der Waals surface area contributed by atoms with Crippen molar-refractivity contribution in [3.8, 4) is 16.5 Å². The number of carbonyl (C=O) groups excluding carboxylic acids is 2. The van der Waals surface area contributed by atoms with E-state index in [1.165, 1.54) is 6.07 Å². The number of rotatable bonds is 13. The summed E-state index contributed by atoms with van der Waals surface area (Å²) in [6.45, 7) is 20.4. The first-order chi connectivity index (χ1) is 30.0. The predicted octanol–water partition coefficient (Wildman–Crippen LogP) is 9.38. The number of H-pyrrole nitrogens is 1. The molecule has 3 fully saturated rings. The number of aldehydes is 1. The maximum Gasteiger partial charge on any atom is 0.419 e. The molecule has 0 radical (unpaired) electrons. The van der Waals surface area contributed by atoms with Gasteiger partial charge in [0.15, 0.2) is 5.43 Å². The van der Waals surface area contributed by atoms with Crippen molar-refractivity contribution < 1.29 is 36.1 Å². The number of benzene rings is 2. The molecule has 2 aromatic heterocycles. The SMILES string of the molecule is C=CC1C[C@]1(NC(=O)C1CCCN1C)C(=C)S(=O)N(C)C1CC1.CC(C)(C)C(C=O)Nc1ccc(F)c(C(F)(F)F)c1.COc1ccc2c(=O)cc(-c3nc(C(C)C)cs3)[nH]c2c1C. The smallest absolute Gasteiger partial charge is 0.419 e. The number of halogens is 4. The third-order valence-corrected chi connectivity index (χ3v) is 14.4. The second-order valence-electron chi connectivity index (χ2n) is 18.0. The van der Waals surface area contributed by atoms with Crippen LogP contribution >= 0.6 is 11.3 Å². The number of alkyl halides is 3. The number of thiazole rings is 1. The average molecular weight is 929 g/mol. The van der Waals surface area contributed by atoms with Gasteiger partial charge in [0.25, 0.3) is 0 Å². The molecule has 17 heteroatoms. The monoisotopic (exact) mass is 928 g/mol. The highest BCUT2D eigenvalue weighted by Crippen LogP contribution is 2.51. The number of aryl methyl sites for hydroxylation is 1. The normalized spacial score (nSPS) is 20.7. The summed E-state index contributed by atoms with van der Waals surface area (Å²) in [6.07, 6.45) is 2.56. The lowest BCUT2D eigenvalue weighted by Crippen LogP contribution is -2.49. The van der Waals surface area contributed by atoms with E-state index in [2.05, 4.69) is 52.5 Å². The average Bonchev–Trinajstić information content (AvgIpc) is 4.10. The van der Waals surface area contributed by atoms with Crippen molar-refractivity contribution in [3.63, 3.8) is 0 Å². The highest BCUT2D eigenvalue weighted by Gasteiger charge is 2.58. The number of pyridine rings is 1. The third kappa shape index (κ3) is 11.6. The van der Waals surface area contributed by atoms with E-state index in [0.29, 0.717) is 34.6 Å². The van der Waals surface area contributed by atoms with E-state index in [4.69, 9.17) is 4.74 Å².